The summed E-state index contributed by atoms with van der Waals surface area (Å²) in [5.41, 5.74) is -0.324. The lowest BCUT2D eigenvalue weighted by Crippen LogP contribution is -2.37. The molecular weight excluding hydrogens is 487 g/mol. The lowest BCUT2D eigenvalue weighted by Gasteiger charge is -2.23. The molecule has 5 rings (SSSR count). The SMILES string of the molecule is CCc1c(F)ccc2cc(O)cc(-c3nc4c5c(nc(OC)nc5c3F)N(CC(F)(F)F)CCO4)c12. The highest BCUT2D eigenvalue weighted by Crippen LogP contribution is 2.43. The van der Waals surface area contributed by atoms with Gasteiger partial charge in [-0.25, -0.2) is 13.8 Å². The molecule has 0 spiro atoms. The molecule has 2 aromatic heterocycles. The number of phenols is 1. The number of aryl methyl sites for hydroxylation is 1. The fourth-order valence-electron chi connectivity index (χ4n) is 4.47. The van der Waals surface area contributed by atoms with Gasteiger partial charge in [0.2, 0.25) is 5.88 Å². The minimum absolute atomic E-state index is 0.0797. The minimum atomic E-state index is -4.57. The number of aromatic nitrogens is 3. The van der Waals surface area contributed by atoms with E-state index < -0.39 is 24.4 Å². The van der Waals surface area contributed by atoms with Crippen molar-refractivity contribution in [1.29, 1.82) is 0 Å². The van der Waals surface area contributed by atoms with E-state index in [9.17, 15) is 22.7 Å². The molecule has 2 aromatic carbocycles. The van der Waals surface area contributed by atoms with Gasteiger partial charge in [-0.15, -0.1) is 0 Å². The highest BCUT2D eigenvalue weighted by atomic mass is 19.4. The topological polar surface area (TPSA) is 80.6 Å². The van der Waals surface area contributed by atoms with E-state index in [1.165, 1.54) is 31.4 Å². The molecule has 0 unspecified atom stereocenters. The molecule has 1 aliphatic heterocycles. The van der Waals surface area contributed by atoms with Crippen molar-refractivity contribution in [2.24, 2.45) is 0 Å². The second kappa shape index (κ2) is 8.61. The molecule has 4 aromatic rings. The fraction of sp³-hybridized carbons (Fsp3) is 0.292. The Morgan fingerprint density at radius 2 is 1.89 bits per heavy atom. The van der Waals surface area contributed by atoms with Gasteiger partial charge in [0, 0.05) is 5.56 Å². The van der Waals surface area contributed by atoms with E-state index in [0.29, 0.717) is 10.8 Å². The molecule has 0 bridgehead atoms. The van der Waals surface area contributed by atoms with Crippen molar-refractivity contribution in [3.05, 3.63) is 41.5 Å². The smallest absolute Gasteiger partial charge is 0.405 e. The number of hydrogen-bond donors (Lipinski definition) is 1. The highest BCUT2D eigenvalue weighted by molar-refractivity contribution is 6.03. The number of anilines is 1. The van der Waals surface area contributed by atoms with E-state index in [2.05, 4.69) is 15.0 Å². The van der Waals surface area contributed by atoms with Crippen LogP contribution < -0.4 is 14.4 Å². The predicted octanol–water partition coefficient (Wildman–Crippen LogP) is 5.16. The van der Waals surface area contributed by atoms with Gasteiger partial charge in [-0.2, -0.15) is 23.1 Å². The number of methoxy groups -OCH3 is 1. The predicted molar refractivity (Wildman–Crippen MR) is 122 cm³/mol. The van der Waals surface area contributed by atoms with Crippen LogP contribution in [0.2, 0.25) is 0 Å². The molecule has 0 amide bonds. The molecule has 36 heavy (non-hydrogen) atoms. The van der Waals surface area contributed by atoms with Gasteiger partial charge in [-0.05, 0) is 41.0 Å². The lowest BCUT2D eigenvalue weighted by atomic mass is 9.94. The summed E-state index contributed by atoms with van der Waals surface area (Å²) in [5.74, 6) is -2.15. The number of ether oxygens (including phenoxy) is 2. The summed E-state index contributed by atoms with van der Waals surface area (Å²) in [4.78, 5) is 13.3. The van der Waals surface area contributed by atoms with E-state index >= 15 is 4.39 Å². The maximum Gasteiger partial charge on any atom is 0.405 e. The Labute approximate surface area is 201 Å². The van der Waals surface area contributed by atoms with Crippen LogP contribution in [0.25, 0.3) is 32.9 Å². The molecule has 0 atom stereocenters. The number of pyridine rings is 1. The third-order valence-electron chi connectivity index (χ3n) is 5.93. The van der Waals surface area contributed by atoms with Crippen molar-refractivity contribution >= 4 is 27.5 Å². The van der Waals surface area contributed by atoms with Gasteiger partial charge in [0.25, 0.3) is 0 Å². The summed E-state index contributed by atoms with van der Waals surface area (Å²) in [5, 5.41) is 11.0. The quantitative estimate of drug-likeness (QED) is 0.383. The Kier molecular flexibility index (Phi) is 5.68. The molecule has 1 aliphatic rings. The summed E-state index contributed by atoms with van der Waals surface area (Å²) in [6.07, 6.45) is -4.30. The van der Waals surface area contributed by atoms with Gasteiger partial charge in [0.05, 0.1) is 13.7 Å². The van der Waals surface area contributed by atoms with Crippen LogP contribution in [-0.4, -0.2) is 53.0 Å². The Hall–Kier alpha value is -3.96. The summed E-state index contributed by atoms with van der Waals surface area (Å²) in [6, 6.07) is 5.02. The molecule has 0 radical (unpaired) electrons. The molecule has 188 valence electrons. The monoisotopic (exact) mass is 506 g/mol. The minimum Gasteiger partial charge on any atom is -0.508 e. The van der Waals surface area contributed by atoms with E-state index in [4.69, 9.17) is 9.47 Å². The summed E-state index contributed by atoms with van der Waals surface area (Å²) < 4.78 is 81.3. The third-order valence-corrected chi connectivity index (χ3v) is 5.93. The number of nitrogens with zero attached hydrogens (tertiary/aromatic N) is 4. The zero-order valence-electron chi connectivity index (χ0n) is 19.1. The van der Waals surface area contributed by atoms with Crippen molar-refractivity contribution in [1.82, 2.24) is 15.0 Å². The molecule has 1 N–H and O–H groups in total. The van der Waals surface area contributed by atoms with Crippen LogP contribution in [0.1, 0.15) is 12.5 Å². The number of phenolic OH excluding ortho intramolecular Hbond substituents is 1. The first-order chi connectivity index (χ1) is 17.1. The fourth-order valence-corrected chi connectivity index (χ4v) is 4.47. The standard InChI is InChI=1S/C24H19F5N4O3/c1-3-13-15(25)5-4-11-8-12(34)9-14(16(11)13)19-18(26)20-17-21(32-23(31-20)35-2)33(10-24(27,28)29)6-7-36-22(17)30-19/h4-5,8-9,34H,3,6-7,10H2,1-2H3. The molecule has 3 heterocycles. The number of fused-ring (bicyclic) bond motifs is 1. The summed E-state index contributed by atoms with van der Waals surface area (Å²) >= 11 is 0. The number of halogens is 5. The molecule has 0 fully saturated rings. The molecule has 0 saturated heterocycles. The largest absolute Gasteiger partial charge is 0.508 e. The van der Waals surface area contributed by atoms with Gasteiger partial charge in [0.15, 0.2) is 5.82 Å². The molecule has 0 aliphatic carbocycles. The number of hydrogen-bond acceptors (Lipinski definition) is 7. The average Bonchev–Trinajstić information content (AvgIpc) is 2.99. The summed E-state index contributed by atoms with van der Waals surface area (Å²) in [6.45, 7) is -0.0278. The van der Waals surface area contributed by atoms with Gasteiger partial charge in [-0.1, -0.05) is 13.0 Å². The van der Waals surface area contributed by atoms with Gasteiger partial charge < -0.3 is 19.5 Å². The molecular formula is C24H19F5N4O3. The first-order valence-electron chi connectivity index (χ1n) is 11.0. The van der Waals surface area contributed by atoms with Gasteiger partial charge in [-0.3, -0.25) is 0 Å². The van der Waals surface area contributed by atoms with Crippen molar-refractivity contribution in [3.63, 3.8) is 0 Å². The zero-order chi connectivity index (χ0) is 25.8. The van der Waals surface area contributed by atoms with Crippen LogP contribution in [0, 0.1) is 11.6 Å². The second-order valence-electron chi connectivity index (χ2n) is 8.19. The number of rotatable bonds is 4. The Morgan fingerprint density at radius 3 is 2.58 bits per heavy atom. The summed E-state index contributed by atoms with van der Waals surface area (Å²) in [7, 11) is 1.20. The maximum atomic E-state index is 16.1. The molecule has 7 nitrogen and oxygen atoms in total. The Balaban J connectivity index is 1.86. The number of benzene rings is 2. The number of aromatic hydroxyl groups is 1. The van der Waals surface area contributed by atoms with E-state index in [1.54, 1.807) is 6.92 Å². The molecule has 12 heteroatoms. The van der Waals surface area contributed by atoms with Crippen LogP contribution in [0.4, 0.5) is 27.8 Å². The van der Waals surface area contributed by atoms with Crippen LogP contribution in [0.3, 0.4) is 0 Å². The van der Waals surface area contributed by atoms with Crippen molar-refractivity contribution in [3.8, 4) is 28.9 Å². The van der Waals surface area contributed by atoms with Crippen molar-refractivity contribution < 1.29 is 36.5 Å². The van der Waals surface area contributed by atoms with E-state index in [-0.39, 0.29) is 70.8 Å². The van der Waals surface area contributed by atoms with E-state index in [0.717, 1.165) is 4.90 Å². The van der Waals surface area contributed by atoms with Crippen LogP contribution >= 0.6 is 0 Å². The lowest BCUT2D eigenvalue weighted by molar-refractivity contribution is -0.119. The maximum absolute atomic E-state index is 16.1. The van der Waals surface area contributed by atoms with Crippen LogP contribution in [-0.2, 0) is 6.42 Å². The first kappa shape index (κ1) is 23.8. The Morgan fingerprint density at radius 1 is 1.11 bits per heavy atom. The normalized spacial score (nSPS) is 13.7. The van der Waals surface area contributed by atoms with Crippen LogP contribution in [0.5, 0.6) is 17.6 Å². The van der Waals surface area contributed by atoms with Gasteiger partial charge in [0.1, 0.15) is 47.1 Å². The third kappa shape index (κ3) is 3.95. The number of alkyl halides is 3. The first-order valence-corrected chi connectivity index (χ1v) is 11.0. The Bertz CT molecular complexity index is 1510. The van der Waals surface area contributed by atoms with Crippen molar-refractivity contribution in [2.75, 3.05) is 31.7 Å². The molecule has 0 saturated carbocycles. The zero-order valence-corrected chi connectivity index (χ0v) is 19.1. The second-order valence-corrected chi connectivity index (χ2v) is 8.19. The van der Waals surface area contributed by atoms with E-state index in [1.807, 2.05) is 0 Å². The van der Waals surface area contributed by atoms with Crippen LogP contribution in [0.15, 0.2) is 24.3 Å². The average molecular weight is 506 g/mol. The van der Waals surface area contributed by atoms with Gasteiger partial charge >= 0.3 is 12.2 Å². The highest BCUT2D eigenvalue weighted by Gasteiger charge is 2.35. The van der Waals surface area contributed by atoms with Crippen molar-refractivity contribution in [2.45, 2.75) is 19.5 Å².